The van der Waals surface area contributed by atoms with Gasteiger partial charge in [-0.1, -0.05) is 38.3 Å². The molecule has 1 unspecified atom stereocenters. The fraction of sp³-hybridized carbons (Fsp3) is 0.812. The van der Waals surface area contributed by atoms with E-state index in [2.05, 4.69) is 24.2 Å². The molecule has 0 radical (unpaired) electrons. The zero-order chi connectivity index (χ0) is 16.0. The fourth-order valence-electron chi connectivity index (χ4n) is 2.21. The van der Waals surface area contributed by atoms with Crippen molar-refractivity contribution in [3.63, 3.8) is 0 Å². The quantitative estimate of drug-likeness (QED) is 0.719. The van der Waals surface area contributed by atoms with Crippen molar-refractivity contribution in [1.82, 2.24) is 15.0 Å². The van der Waals surface area contributed by atoms with Gasteiger partial charge in [0.1, 0.15) is 5.60 Å². The number of carbonyl (C=O) groups excluding carboxylic acids is 1. The Labute approximate surface area is 128 Å². The Morgan fingerprint density at radius 2 is 2.00 bits per heavy atom. The number of rotatable bonds is 7. The van der Waals surface area contributed by atoms with E-state index in [0.717, 1.165) is 18.7 Å². The first-order chi connectivity index (χ1) is 9.78. The van der Waals surface area contributed by atoms with Gasteiger partial charge in [0, 0.05) is 6.54 Å². The normalized spacial score (nSPS) is 13.2. The van der Waals surface area contributed by atoms with Crippen LogP contribution in [0.5, 0.6) is 0 Å². The zero-order valence-electron chi connectivity index (χ0n) is 14.3. The molecule has 0 aliphatic heterocycles. The summed E-state index contributed by atoms with van der Waals surface area (Å²) in [4.78, 5) is 12.1. The molecular formula is C16H29N3O2. The number of hydrogen-bond acceptors (Lipinski definition) is 4. The lowest BCUT2D eigenvalue weighted by atomic mass is 9.99. The van der Waals surface area contributed by atoms with Gasteiger partial charge in [-0.2, -0.15) is 0 Å². The molecule has 1 aromatic heterocycles. The Bertz CT molecular complexity index is 461. The van der Waals surface area contributed by atoms with E-state index in [9.17, 15) is 4.79 Å². The highest BCUT2D eigenvalue weighted by Gasteiger charge is 2.24. The second-order valence-electron chi connectivity index (χ2n) is 6.62. The molecule has 21 heavy (non-hydrogen) atoms. The van der Waals surface area contributed by atoms with Crippen LogP contribution in [0.3, 0.4) is 0 Å². The van der Waals surface area contributed by atoms with Gasteiger partial charge in [0.2, 0.25) is 0 Å². The smallest absolute Gasteiger partial charge is 0.361 e. The number of hydrogen-bond donors (Lipinski definition) is 0. The van der Waals surface area contributed by atoms with Gasteiger partial charge in [-0.25, -0.2) is 9.48 Å². The summed E-state index contributed by atoms with van der Waals surface area (Å²) in [5.74, 6) is 0.185. The summed E-state index contributed by atoms with van der Waals surface area (Å²) in [7, 11) is 0. The van der Waals surface area contributed by atoms with Crippen molar-refractivity contribution >= 4 is 5.97 Å². The number of esters is 1. The molecule has 0 saturated carbocycles. The second-order valence-corrected chi connectivity index (χ2v) is 6.62. The van der Waals surface area contributed by atoms with Gasteiger partial charge in [-0.15, -0.1) is 5.10 Å². The van der Waals surface area contributed by atoms with Gasteiger partial charge in [0.05, 0.1) is 5.69 Å². The second kappa shape index (κ2) is 7.57. The Morgan fingerprint density at radius 1 is 1.33 bits per heavy atom. The van der Waals surface area contributed by atoms with Gasteiger partial charge >= 0.3 is 5.97 Å². The Balaban J connectivity index is 2.77. The first-order valence-electron chi connectivity index (χ1n) is 7.91. The minimum absolute atomic E-state index is 0.329. The van der Waals surface area contributed by atoms with Crippen LogP contribution in [0.15, 0.2) is 0 Å². The van der Waals surface area contributed by atoms with Crippen molar-refractivity contribution in [3.8, 4) is 0 Å². The molecule has 0 aliphatic carbocycles. The molecule has 1 aromatic rings. The van der Waals surface area contributed by atoms with Crippen molar-refractivity contribution in [3.05, 3.63) is 11.4 Å². The van der Waals surface area contributed by atoms with E-state index in [4.69, 9.17) is 4.74 Å². The van der Waals surface area contributed by atoms with Gasteiger partial charge in [-0.05, 0) is 40.0 Å². The van der Waals surface area contributed by atoms with E-state index in [1.807, 2.05) is 32.4 Å². The molecule has 0 N–H and O–H groups in total. The van der Waals surface area contributed by atoms with Crippen LogP contribution < -0.4 is 0 Å². The average molecular weight is 295 g/mol. The van der Waals surface area contributed by atoms with Crippen molar-refractivity contribution in [2.24, 2.45) is 5.92 Å². The van der Waals surface area contributed by atoms with Crippen LogP contribution in [0.25, 0.3) is 0 Å². The fourth-order valence-corrected chi connectivity index (χ4v) is 2.21. The summed E-state index contributed by atoms with van der Waals surface area (Å²) in [5.41, 5.74) is 0.606. The summed E-state index contributed by atoms with van der Waals surface area (Å²) >= 11 is 0. The van der Waals surface area contributed by atoms with Gasteiger partial charge in [-0.3, -0.25) is 0 Å². The standard InChI is InChI=1S/C16H29N3O2/c1-7-9-10-13(8-2)11-19-12(3)14(17-18-19)15(20)21-16(4,5)6/h13H,7-11H2,1-6H3. The molecule has 5 nitrogen and oxygen atoms in total. The van der Waals surface area contributed by atoms with Crippen LogP contribution in [-0.2, 0) is 11.3 Å². The summed E-state index contributed by atoms with van der Waals surface area (Å²) in [5, 5.41) is 8.13. The lowest BCUT2D eigenvalue weighted by molar-refractivity contribution is 0.00618. The largest absolute Gasteiger partial charge is 0.455 e. The summed E-state index contributed by atoms with van der Waals surface area (Å²) in [6.07, 6.45) is 4.73. The topological polar surface area (TPSA) is 57.0 Å². The SMILES string of the molecule is CCCCC(CC)Cn1nnc(C(=O)OC(C)(C)C)c1C. The van der Waals surface area contributed by atoms with E-state index < -0.39 is 11.6 Å². The highest BCUT2D eigenvalue weighted by molar-refractivity contribution is 5.88. The van der Waals surface area contributed by atoms with Crippen molar-refractivity contribution < 1.29 is 9.53 Å². The minimum atomic E-state index is -0.514. The lowest BCUT2D eigenvalue weighted by Gasteiger charge is -2.19. The molecule has 1 rings (SSSR count). The predicted molar refractivity (Wildman–Crippen MR) is 83.2 cm³/mol. The average Bonchev–Trinajstić information content (AvgIpc) is 2.74. The van der Waals surface area contributed by atoms with Crippen LogP contribution in [0, 0.1) is 12.8 Å². The van der Waals surface area contributed by atoms with Crippen LogP contribution in [-0.4, -0.2) is 26.6 Å². The number of unbranched alkanes of at least 4 members (excludes halogenated alkanes) is 1. The van der Waals surface area contributed by atoms with Crippen LogP contribution in [0.1, 0.15) is 76.5 Å². The number of aromatic nitrogens is 3. The highest BCUT2D eigenvalue weighted by Crippen LogP contribution is 2.18. The van der Waals surface area contributed by atoms with Crippen molar-refractivity contribution in [2.75, 3.05) is 0 Å². The molecule has 0 saturated heterocycles. The third-order valence-corrected chi connectivity index (χ3v) is 3.55. The Hall–Kier alpha value is -1.39. The summed E-state index contributed by atoms with van der Waals surface area (Å²) < 4.78 is 7.20. The van der Waals surface area contributed by atoms with Gasteiger partial charge < -0.3 is 4.74 Å². The minimum Gasteiger partial charge on any atom is -0.455 e. The maximum Gasteiger partial charge on any atom is 0.361 e. The van der Waals surface area contributed by atoms with E-state index in [1.54, 1.807) is 0 Å². The van der Waals surface area contributed by atoms with Crippen molar-refractivity contribution in [1.29, 1.82) is 0 Å². The molecule has 120 valence electrons. The first kappa shape index (κ1) is 17.7. The number of nitrogens with zero attached hydrogens (tertiary/aromatic N) is 3. The number of ether oxygens (including phenoxy) is 1. The molecule has 1 atom stereocenters. The van der Waals surface area contributed by atoms with Crippen LogP contribution in [0.2, 0.25) is 0 Å². The predicted octanol–water partition coefficient (Wildman–Crippen LogP) is 3.76. The maximum absolute atomic E-state index is 12.1. The third kappa shape index (κ3) is 5.48. The van der Waals surface area contributed by atoms with E-state index in [0.29, 0.717) is 11.6 Å². The van der Waals surface area contributed by atoms with E-state index in [-0.39, 0.29) is 0 Å². The number of carbonyl (C=O) groups is 1. The molecule has 0 aromatic carbocycles. The van der Waals surface area contributed by atoms with E-state index in [1.165, 1.54) is 19.3 Å². The molecular weight excluding hydrogens is 266 g/mol. The zero-order valence-corrected chi connectivity index (χ0v) is 14.3. The first-order valence-corrected chi connectivity index (χ1v) is 7.91. The highest BCUT2D eigenvalue weighted by atomic mass is 16.6. The van der Waals surface area contributed by atoms with Crippen LogP contribution in [0.4, 0.5) is 0 Å². The molecule has 0 bridgehead atoms. The molecule has 0 spiro atoms. The Morgan fingerprint density at radius 3 is 2.52 bits per heavy atom. The Kier molecular flexibility index (Phi) is 6.37. The molecule has 0 amide bonds. The summed E-state index contributed by atoms with van der Waals surface area (Å²) in [6.45, 7) is 12.6. The van der Waals surface area contributed by atoms with Gasteiger partial charge in [0.25, 0.3) is 0 Å². The maximum atomic E-state index is 12.1. The van der Waals surface area contributed by atoms with Crippen LogP contribution >= 0.6 is 0 Å². The summed E-state index contributed by atoms with van der Waals surface area (Å²) in [6, 6.07) is 0. The lowest BCUT2D eigenvalue weighted by Crippen LogP contribution is -2.24. The van der Waals surface area contributed by atoms with Gasteiger partial charge in [0.15, 0.2) is 5.69 Å². The molecule has 1 heterocycles. The molecule has 0 fully saturated rings. The molecule has 5 heteroatoms. The molecule has 0 aliphatic rings. The third-order valence-electron chi connectivity index (χ3n) is 3.55. The monoisotopic (exact) mass is 295 g/mol. The van der Waals surface area contributed by atoms with Crippen molar-refractivity contribution in [2.45, 2.75) is 79.4 Å². The van der Waals surface area contributed by atoms with E-state index >= 15 is 0 Å².